The van der Waals surface area contributed by atoms with E-state index in [-0.39, 0.29) is 0 Å². The van der Waals surface area contributed by atoms with Gasteiger partial charge in [-0.25, -0.2) is 0 Å². The van der Waals surface area contributed by atoms with Gasteiger partial charge in [0.25, 0.3) is 0 Å². The van der Waals surface area contributed by atoms with E-state index in [0.29, 0.717) is 12.1 Å². The Hall–Kier alpha value is -1.70. The van der Waals surface area contributed by atoms with E-state index in [4.69, 9.17) is 22.6 Å². The van der Waals surface area contributed by atoms with Crippen molar-refractivity contribution in [1.29, 1.82) is 5.26 Å². The van der Waals surface area contributed by atoms with Gasteiger partial charge in [0.1, 0.15) is 0 Å². The first-order valence-corrected chi connectivity index (χ1v) is 7.12. The maximum atomic E-state index is 8.73. The van der Waals surface area contributed by atoms with Crippen molar-refractivity contribution >= 4 is 34.3 Å². The fraction of sp³-hybridized carbons (Fsp3) is 0.214. The van der Waals surface area contributed by atoms with Crippen LogP contribution in [0.15, 0.2) is 30.3 Å². The molecule has 98 valence electrons. The lowest BCUT2D eigenvalue weighted by molar-refractivity contribution is 1.04. The van der Waals surface area contributed by atoms with Gasteiger partial charge in [0, 0.05) is 22.8 Å². The number of nitrogens with one attached hydrogen (secondary N) is 1. The van der Waals surface area contributed by atoms with Crippen LogP contribution in [-0.4, -0.2) is 6.54 Å². The van der Waals surface area contributed by atoms with Crippen LogP contribution in [0.25, 0.3) is 0 Å². The van der Waals surface area contributed by atoms with E-state index in [2.05, 4.69) is 11.4 Å². The average molecular weight is 292 g/mol. The molecular weight excluding hydrogens is 278 g/mol. The molecule has 0 amide bonds. The molecule has 0 radical (unpaired) electrons. The van der Waals surface area contributed by atoms with Crippen LogP contribution in [0.5, 0.6) is 0 Å². The molecule has 1 heterocycles. The minimum atomic E-state index is 0.335. The van der Waals surface area contributed by atoms with Crippen LogP contribution in [0, 0.1) is 11.3 Å². The second-order valence-corrected chi connectivity index (χ2v) is 5.93. The number of rotatable bonds is 5. The van der Waals surface area contributed by atoms with E-state index in [1.807, 2.05) is 30.3 Å². The molecule has 0 atom stereocenters. The molecule has 0 bridgehead atoms. The van der Waals surface area contributed by atoms with Crippen LogP contribution < -0.4 is 11.1 Å². The molecule has 5 heteroatoms. The van der Waals surface area contributed by atoms with Gasteiger partial charge >= 0.3 is 0 Å². The number of benzene rings is 1. The van der Waals surface area contributed by atoms with Gasteiger partial charge in [0.15, 0.2) is 0 Å². The fourth-order valence-electron chi connectivity index (χ4n) is 1.77. The maximum absolute atomic E-state index is 8.73. The Bertz CT molecular complexity index is 601. The smallest absolute Gasteiger partial charge is 0.0931 e. The Morgan fingerprint density at radius 1 is 1.32 bits per heavy atom. The van der Waals surface area contributed by atoms with Crippen LogP contribution in [0.1, 0.15) is 10.4 Å². The number of nitrogens with two attached hydrogens (primary N) is 1. The molecule has 0 saturated carbocycles. The lowest BCUT2D eigenvalue weighted by Gasteiger charge is -2.08. The molecular formula is C14H14ClN3S. The van der Waals surface area contributed by atoms with Crippen LogP contribution in [0.2, 0.25) is 4.34 Å². The number of hydrogen-bond acceptors (Lipinski definition) is 4. The van der Waals surface area contributed by atoms with Crippen molar-refractivity contribution in [3.8, 4) is 6.07 Å². The van der Waals surface area contributed by atoms with Gasteiger partial charge in [0.05, 0.1) is 16.8 Å². The van der Waals surface area contributed by atoms with Crippen molar-refractivity contribution in [3.63, 3.8) is 0 Å². The van der Waals surface area contributed by atoms with Gasteiger partial charge < -0.3 is 11.1 Å². The third-order valence-corrected chi connectivity index (χ3v) is 4.03. The Kier molecular flexibility index (Phi) is 4.67. The monoisotopic (exact) mass is 291 g/mol. The summed E-state index contributed by atoms with van der Waals surface area (Å²) >= 11 is 7.48. The van der Waals surface area contributed by atoms with Crippen molar-refractivity contribution in [2.75, 3.05) is 17.6 Å². The summed E-state index contributed by atoms with van der Waals surface area (Å²) in [6, 6.07) is 11.8. The predicted octanol–water partition coefficient (Wildman–Crippen LogP) is 3.70. The Morgan fingerprint density at radius 3 is 2.84 bits per heavy atom. The molecule has 0 aliphatic carbocycles. The number of hydrogen-bond donors (Lipinski definition) is 2. The van der Waals surface area contributed by atoms with Gasteiger partial charge in [-0.15, -0.1) is 11.3 Å². The summed E-state index contributed by atoms with van der Waals surface area (Å²) in [5, 5.41) is 12.1. The number of anilines is 2. The molecule has 3 nitrogen and oxygen atoms in total. The first-order chi connectivity index (χ1) is 9.19. The molecule has 0 saturated heterocycles. The first kappa shape index (κ1) is 13.7. The summed E-state index contributed by atoms with van der Waals surface area (Å²) < 4.78 is 0.818. The van der Waals surface area contributed by atoms with Crippen LogP contribution >= 0.6 is 22.9 Å². The highest BCUT2D eigenvalue weighted by atomic mass is 35.5. The van der Waals surface area contributed by atoms with Gasteiger partial charge in [-0.05, 0) is 42.3 Å². The zero-order valence-electron chi connectivity index (χ0n) is 10.3. The molecule has 0 aliphatic rings. The molecule has 3 N–H and O–H groups in total. The number of nitriles is 1. The average Bonchev–Trinajstić information content (AvgIpc) is 2.79. The highest BCUT2D eigenvalue weighted by Crippen LogP contribution is 2.22. The Labute approximate surface area is 121 Å². The second kappa shape index (κ2) is 6.46. The maximum Gasteiger partial charge on any atom is 0.0931 e. The largest absolute Gasteiger partial charge is 0.398 e. The fourth-order valence-corrected chi connectivity index (χ4v) is 2.86. The topological polar surface area (TPSA) is 61.8 Å². The number of nitrogens with zero attached hydrogens (tertiary/aromatic N) is 1. The van der Waals surface area contributed by atoms with Gasteiger partial charge in [-0.3, -0.25) is 0 Å². The first-order valence-electron chi connectivity index (χ1n) is 5.92. The standard InChI is InChI=1S/C14H14ClN3S/c15-14-4-2-12(19-14)6-8-18-11-1-3-13(17)10(9-11)5-7-16/h1-4,9,18H,5-6,8,17H2. The zero-order valence-corrected chi connectivity index (χ0v) is 11.9. The highest BCUT2D eigenvalue weighted by molar-refractivity contribution is 7.16. The van der Waals surface area contributed by atoms with Crippen molar-refractivity contribution in [1.82, 2.24) is 0 Å². The van der Waals surface area contributed by atoms with Crippen molar-refractivity contribution in [2.24, 2.45) is 0 Å². The Balaban J connectivity index is 1.92. The lowest BCUT2D eigenvalue weighted by atomic mass is 10.1. The Morgan fingerprint density at radius 2 is 2.16 bits per heavy atom. The molecule has 19 heavy (non-hydrogen) atoms. The van der Waals surface area contributed by atoms with Gasteiger partial charge in [-0.1, -0.05) is 11.6 Å². The molecule has 0 fully saturated rings. The third-order valence-electron chi connectivity index (χ3n) is 2.74. The highest BCUT2D eigenvalue weighted by Gasteiger charge is 2.02. The van der Waals surface area contributed by atoms with E-state index in [1.165, 1.54) is 4.88 Å². The van der Waals surface area contributed by atoms with Crippen LogP contribution in [0.3, 0.4) is 0 Å². The van der Waals surface area contributed by atoms with Crippen molar-refractivity contribution in [3.05, 3.63) is 45.1 Å². The van der Waals surface area contributed by atoms with E-state index in [0.717, 1.165) is 28.6 Å². The summed E-state index contributed by atoms with van der Waals surface area (Å²) in [5.74, 6) is 0. The second-order valence-electron chi connectivity index (χ2n) is 4.13. The minimum absolute atomic E-state index is 0.335. The number of thiophene rings is 1. The van der Waals surface area contributed by atoms with E-state index in [1.54, 1.807) is 11.3 Å². The summed E-state index contributed by atoms with van der Waals surface area (Å²) in [6.07, 6.45) is 1.26. The summed E-state index contributed by atoms with van der Waals surface area (Å²) in [7, 11) is 0. The normalized spacial score (nSPS) is 10.1. The quantitative estimate of drug-likeness (QED) is 0.826. The van der Waals surface area contributed by atoms with Crippen LogP contribution in [-0.2, 0) is 12.8 Å². The lowest BCUT2D eigenvalue weighted by Crippen LogP contribution is -2.05. The van der Waals surface area contributed by atoms with Crippen LogP contribution in [0.4, 0.5) is 11.4 Å². The van der Waals surface area contributed by atoms with E-state index in [9.17, 15) is 0 Å². The van der Waals surface area contributed by atoms with E-state index < -0.39 is 0 Å². The molecule has 2 rings (SSSR count). The van der Waals surface area contributed by atoms with Gasteiger partial charge in [-0.2, -0.15) is 5.26 Å². The molecule has 1 aromatic carbocycles. The predicted molar refractivity (Wildman–Crippen MR) is 81.7 cm³/mol. The number of halogens is 1. The van der Waals surface area contributed by atoms with E-state index >= 15 is 0 Å². The minimum Gasteiger partial charge on any atom is -0.398 e. The molecule has 0 aliphatic heterocycles. The summed E-state index contributed by atoms with van der Waals surface area (Å²) in [4.78, 5) is 1.25. The summed E-state index contributed by atoms with van der Waals surface area (Å²) in [6.45, 7) is 0.826. The molecule has 1 aromatic heterocycles. The van der Waals surface area contributed by atoms with Crippen molar-refractivity contribution in [2.45, 2.75) is 12.8 Å². The van der Waals surface area contributed by atoms with Crippen molar-refractivity contribution < 1.29 is 0 Å². The third kappa shape index (κ3) is 3.88. The molecule has 0 unspecified atom stereocenters. The molecule has 2 aromatic rings. The zero-order chi connectivity index (χ0) is 13.7. The SMILES string of the molecule is N#CCc1cc(NCCc2ccc(Cl)s2)ccc1N. The van der Waals surface area contributed by atoms with Gasteiger partial charge in [0.2, 0.25) is 0 Å². The summed E-state index contributed by atoms with van der Waals surface area (Å²) in [5.41, 5.74) is 8.33. The number of nitrogen functional groups attached to an aromatic ring is 1. The molecule has 0 spiro atoms.